The van der Waals surface area contributed by atoms with Gasteiger partial charge in [0.1, 0.15) is 11.8 Å². The average Bonchev–Trinajstić information content (AvgIpc) is 2.32. The van der Waals surface area contributed by atoms with Crippen molar-refractivity contribution in [3.8, 4) is 6.07 Å². The molecule has 0 amide bonds. The lowest BCUT2D eigenvalue weighted by Gasteiger charge is -2.22. The van der Waals surface area contributed by atoms with Crippen LogP contribution in [0.25, 0.3) is 0 Å². The molecule has 2 heteroatoms. The van der Waals surface area contributed by atoms with Crippen molar-refractivity contribution in [2.24, 2.45) is 0 Å². The molecule has 0 N–H and O–H groups in total. The molecule has 1 fully saturated rings. The molecule has 0 atom stereocenters. The van der Waals surface area contributed by atoms with E-state index >= 15 is 0 Å². The fourth-order valence-corrected chi connectivity index (χ4v) is 1.33. The van der Waals surface area contributed by atoms with Crippen molar-refractivity contribution >= 4 is 0 Å². The van der Waals surface area contributed by atoms with Crippen LogP contribution in [0.4, 0.5) is 0 Å². The summed E-state index contributed by atoms with van der Waals surface area (Å²) in [7, 11) is 0. The second-order valence-electron chi connectivity index (χ2n) is 2.94. The van der Waals surface area contributed by atoms with E-state index in [4.69, 9.17) is 9.68 Å². The Morgan fingerprint density at radius 2 is 2.27 bits per heavy atom. The topological polar surface area (TPSA) is 36.9 Å². The Morgan fingerprint density at radius 1 is 1.45 bits per heavy atom. The molecule has 0 aliphatic heterocycles. The molecular formula is C9H9NO. The monoisotopic (exact) mass is 147 g/mol. The van der Waals surface area contributed by atoms with Gasteiger partial charge in [0.05, 0.1) is 0 Å². The molecule has 1 aromatic rings. The molecule has 1 saturated carbocycles. The van der Waals surface area contributed by atoms with Crippen molar-refractivity contribution in [1.82, 2.24) is 0 Å². The van der Waals surface area contributed by atoms with Crippen LogP contribution in [-0.4, -0.2) is 0 Å². The zero-order valence-electron chi connectivity index (χ0n) is 6.21. The molecule has 1 aromatic heterocycles. The fraction of sp³-hybridized carbons (Fsp3) is 0.444. The van der Waals surface area contributed by atoms with Gasteiger partial charge in [-0.3, -0.25) is 0 Å². The van der Waals surface area contributed by atoms with Gasteiger partial charge in [0.15, 0.2) is 0 Å². The van der Waals surface area contributed by atoms with Crippen LogP contribution in [0.3, 0.4) is 0 Å². The predicted octanol–water partition coefficient (Wildman–Crippen LogP) is 2.42. The SMILES string of the molecule is N#Cc1ccc(C2CCC2)o1. The van der Waals surface area contributed by atoms with Gasteiger partial charge in [0.25, 0.3) is 0 Å². The second kappa shape index (κ2) is 2.43. The van der Waals surface area contributed by atoms with Crippen molar-refractivity contribution in [2.45, 2.75) is 25.2 Å². The summed E-state index contributed by atoms with van der Waals surface area (Å²) in [5.41, 5.74) is 0. The maximum Gasteiger partial charge on any atom is 0.203 e. The van der Waals surface area contributed by atoms with E-state index in [1.54, 1.807) is 6.07 Å². The Bertz CT molecular complexity index is 291. The Labute approximate surface area is 65.4 Å². The molecular weight excluding hydrogens is 138 g/mol. The number of nitrogens with zero attached hydrogens (tertiary/aromatic N) is 1. The summed E-state index contributed by atoms with van der Waals surface area (Å²) in [6, 6.07) is 5.65. The van der Waals surface area contributed by atoms with Gasteiger partial charge in [-0.2, -0.15) is 5.26 Å². The summed E-state index contributed by atoms with van der Waals surface area (Å²) < 4.78 is 5.28. The van der Waals surface area contributed by atoms with Gasteiger partial charge in [-0.05, 0) is 25.0 Å². The third kappa shape index (κ3) is 1.03. The number of rotatable bonds is 1. The largest absolute Gasteiger partial charge is 0.450 e. The first kappa shape index (κ1) is 6.48. The molecule has 0 aromatic carbocycles. The lowest BCUT2D eigenvalue weighted by Crippen LogP contribution is -2.07. The molecule has 56 valence electrons. The molecule has 0 radical (unpaired) electrons. The van der Waals surface area contributed by atoms with E-state index in [9.17, 15) is 0 Å². The molecule has 2 rings (SSSR count). The predicted molar refractivity (Wildman–Crippen MR) is 40.0 cm³/mol. The molecule has 1 aliphatic rings. The normalized spacial score (nSPS) is 17.4. The molecule has 0 spiro atoms. The van der Waals surface area contributed by atoms with E-state index in [1.165, 1.54) is 19.3 Å². The summed E-state index contributed by atoms with van der Waals surface area (Å²) in [5, 5.41) is 8.48. The van der Waals surface area contributed by atoms with Gasteiger partial charge >= 0.3 is 0 Å². The summed E-state index contributed by atoms with van der Waals surface area (Å²) in [5.74, 6) is 2.02. The zero-order valence-corrected chi connectivity index (χ0v) is 6.21. The van der Waals surface area contributed by atoms with Crippen LogP contribution in [0.15, 0.2) is 16.5 Å². The molecule has 11 heavy (non-hydrogen) atoms. The van der Waals surface area contributed by atoms with Crippen LogP contribution in [0.1, 0.15) is 36.7 Å². The lowest BCUT2D eigenvalue weighted by atomic mass is 9.84. The minimum Gasteiger partial charge on any atom is -0.450 e. The van der Waals surface area contributed by atoms with Gasteiger partial charge in [0, 0.05) is 5.92 Å². The molecule has 1 heterocycles. The van der Waals surface area contributed by atoms with E-state index in [1.807, 2.05) is 12.1 Å². The maximum atomic E-state index is 8.48. The highest BCUT2D eigenvalue weighted by molar-refractivity contribution is 5.21. The van der Waals surface area contributed by atoms with Gasteiger partial charge < -0.3 is 4.42 Å². The third-order valence-electron chi connectivity index (χ3n) is 2.24. The summed E-state index contributed by atoms with van der Waals surface area (Å²) >= 11 is 0. The highest BCUT2D eigenvalue weighted by Gasteiger charge is 2.22. The fourth-order valence-electron chi connectivity index (χ4n) is 1.33. The molecule has 2 nitrogen and oxygen atoms in total. The summed E-state index contributed by atoms with van der Waals surface area (Å²) in [4.78, 5) is 0. The van der Waals surface area contributed by atoms with Crippen molar-refractivity contribution in [1.29, 1.82) is 5.26 Å². The smallest absolute Gasteiger partial charge is 0.203 e. The average molecular weight is 147 g/mol. The molecule has 0 saturated heterocycles. The number of nitriles is 1. The van der Waals surface area contributed by atoms with E-state index in [2.05, 4.69) is 0 Å². The van der Waals surface area contributed by atoms with Crippen molar-refractivity contribution in [3.63, 3.8) is 0 Å². The summed E-state index contributed by atoms with van der Waals surface area (Å²) in [6.45, 7) is 0. The minimum absolute atomic E-state index is 0.437. The molecule has 0 unspecified atom stereocenters. The maximum absolute atomic E-state index is 8.48. The van der Waals surface area contributed by atoms with E-state index in [0.717, 1.165) is 5.76 Å². The van der Waals surface area contributed by atoms with Crippen LogP contribution in [0, 0.1) is 11.3 Å². The first-order valence-electron chi connectivity index (χ1n) is 3.90. The van der Waals surface area contributed by atoms with Crippen LogP contribution in [0.2, 0.25) is 0 Å². The summed E-state index contributed by atoms with van der Waals surface area (Å²) in [6.07, 6.45) is 3.74. The van der Waals surface area contributed by atoms with Crippen LogP contribution in [0.5, 0.6) is 0 Å². The zero-order chi connectivity index (χ0) is 7.68. The highest BCUT2D eigenvalue weighted by Crippen LogP contribution is 2.36. The molecule has 0 bridgehead atoms. The Balaban J connectivity index is 2.19. The minimum atomic E-state index is 0.437. The quantitative estimate of drug-likeness (QED) is 0.611. The van der Waals surface area contributed by atoms with Crippen LogP contribution >= 0.6 is 0 Å². The number of hydrogen-bond acceptors (Lipinski definition) is 2. The first-order chi connectivity index (χ1) is 5.40. The second-order valence-corrected chi connectivity index (χ2v) is 2.94. The first-order valence-corrected chi connectivity index (χ1v) is 3.90. The van der Waals surface area contributed by atoms with E-state index in [-0.39, 0.29) is 0 Å². The molecule has 1 aliphatic carbocycles. The van der Waals surface area contributed by atoms with E-state index < -0.39 is 0 Å². The van der Waals surface area contributed by atoms with Gasteiger partial charge in [-0.25, -0.2) is 0 Å². The highest BCUT2D eigenvalue weighted by atomic mass is 16.3. The third-order valence-corrected chi connectivity index (χ3v) is 2.24. The number of furan rings is 1. The Morgan fingerprint density at radius 3 is 2.73 bits per heavy atom. The van der Waals surface area contributed by atoms with Crippen molar-refractivity contribution in [2.75, 3.05) is 0 Å². The Hall–Kier alpha value is -1.23. The van der Waals surface area contributed by atoms with Gasteiger partial charge in [0.2, 0.25) is 5.76 Å². The standard InChI is InChI=1S/C9H9NO/c10-6-8-4-5-9(11-8)7-2-1-3-7/h4-5,7H,1-3H2. The lowest BCUT2D eigenvalue weighted by molar-refractivity contribution is 0.344. The van der Waals surface area contributed by atoms with Gasteiger partial charge in [-0.1, -0.05) is 6.42 Å². The van der Waals surface area contributed by atoms with Crippen LogP contribution in [-0.2, 0) is 0 Å². The van der Waals surface area contributed by atoms with Crippen LogP contribution < -0.4 is 0 Å². The van der Waals surface area contributed by atoms with Crippen molar-refractivity contribution < 1.29 is 4.42 Å². The van der Waals surface area contributed by atoms with E-state index in [0.29, 0.717) is 11.7 Å². The van der Waals surface area contributed by atoms with Crippen molar-refractivity contribution in [3.05, 3.63) is 23.7 Å². The van der Waals surface area contributed by atoms with Gasteiger partial charge in [-0.15, -0.1) is 0 Å². The number of hydrogen-bond donors (Lipinski definition) is 0. The Kier molecular flexibility index (Phi) is 1.43.